The van der Waals surface area contributed by atoms with Crippen LogP contribution in [0.3, 0.4) is 0 Å². The fourth-order valence-corrected chi connectivity index (χ4v) is 9.28. The molecule has 6 heteroatoms. The Morgan fingerprint density at radius 1 is 0.500 bits per heavy atom. The van der Waals surface area contributed by atoms with Gasteiger partial charge in [-0.1, -0.05) is 49.0 Å². The summed E-state index contributed by atoms with van der Waals surface area (Å²) in [7, 11) is 0. The average molecular weight is 463 g/mol. The van der Waals surface area contributed by atoms with E-state index in [2.05, 4.69) is 12.2 Å². The molecule has 5 fully saturated rings. The highest BCUT2D eigenvalue weighted by Crippen LogP contribution is 2.70. The van der Waals surface area contributed by atoms with Crippen molar-refractivity contribution in [1.82, 2.24) is 9.80 Å². The third-order valence-electron chi connectivity index (χ3n) is 10.8. The summed E-state index contributed by atoms with van der Waals surface area (Å²) in [6.07, 6.45) is 16.2. The normalized spacial score (nSPS) is 43.5. The molecule has 180 valence electrons. The topological polar surface area (TPSA) is 74.8 Å². The van der Waals surface area contributed by atoms with E-state index < -0.39 is 21.7 Å². The van der Waals surface area contributed by atoms with Crippen LogP contribution in [-0.4, -0.2) is 46.5 Å². The number of rotatable bonds is 0. The summed E-state index contributed by atoms with van der Waals surface area (Å²) in [5.41, 5.74) is -0.0704. The number of hydrogen-bond donors (Lipinski definition) is 0. The number of carbonyl (C=O) groups is 4. The molecule has 0 aromatic carbocycles. The molecule has 4 aliphatic carbocycles. The predicted octanol–water partition coefficient (Wildman–Crippen LogP) is 4.05. The first-order chi connectivity index (χ1) is 16.4. The van der Waals surface area contributed by atoms with E-state index in [0.717, 1.165) is 101 Å². The lowest BCUT2D eigenvalue weighted by atomic mass is 9.46. The molecule has 6 nitrogen and oxygen atoms in total. The second-order valence-corrected chi connectivity index (χ2v) is 11.9. The molecule has 4 amide bonds. The number of hydrogen-bond acceptors (Lipinski definition) is 4. The Balaban J connectivity index is 1.21. The standard InChI is InChI=1S/C28H34N2O4/c31-21-26-12-4-6-14-28(26)20(18-26)10-2-8-16-30-22(32)25-11-3-5-13-27(25,23(30)33)19(17-25)9-1-7-15-29(21)24(28)34/h17-18H,1-16H2/t25-,26+,27+,28-. The number of imide groups is 2. The Kier molecular flexibility index (Phi) is 4.15. The van der Waals surface area contributed by atoms with Crippen molar-refractivity contribution in [2.24, 2.45) is 21.7 Å². The van der Waals surface area contributed by atoms with Crippen LogP contribution in [-0.2, 0) is 19.2 Å². The summed E-state index contributed by atoms with van der Waals surface area (Å²) < 4.78 is 0. The molecule has 3 saturated heterocycles. The van der Waals surface area contributed by atoms with Gasteiger partial charge in [0.05, 0.1) is 21.7 Å². The highest BCUT2D eigenvalue weighted by Gasteiger charge is 2.75. The van der Waals surface area contributed by atoms with Gasteiger partial charge in [-0.3, -0.25) is 29.0 Å². The molecule has 4 bridgehead atoms. The first kappa shape index (κ1) is 21.1. The van der Waals surface area contributed by atoms with Crippen LogP contribution < -0.4 is 0 Å². The first-order valence-electron chi connectivity index (χ1n) is 13.6. The molecule has 0 aromatic rings. The average Bonchev–Trinajstić information content (AvgIpc) is 3.06. The molecule has 2 spiro atoms. The molecular weight excluding hydrogens is 428 g/mol. The number of carbonyl (C=O) groups excluding carboxylic acids is 4. The first-order valence-corrected chi connectivity index (χ1v) is 13.6. The van der Waals surface area contributed by atoms with Crippen molar-refractivity contribution in [2.45, 2.75) is 89.9 Å². The Morgan fingerprint density at radius 3 is 1.35 bits per heavy atom. The number of amides is 4. The van der Waals surface area contributed by atoms with E-state index in [9.17, 15) is 19.2 Å². The van der Waals surface area contributed by atoms with Crippen LogP contribution in [0, 0.1) is 21.7 Å². The van der Waals surface area contributed by atoms with E-state index in [0.29, 0.717) is 13.1 Å². The Hall–Kier alpha value is -2.24. The molecule has 0 unspecified atom stereocenters. The second-order valence-electron chi connectivity index (χ2n) is 11.9. The van der Waals surface area contributed by atoms with Crippen molar-refractivity contribution in [3.63, 3.8) is 0 Å². The zero-order valence-corrected chi connectivity index (χ0v) is 20.0. The van der Waals surface area contributed by atoms with E-state index in [1.165, 1.54) is 0 Å². The minimum Gasteiger partial charge on any atom is -0.281 e. The van der Waals surface area contributed by atoms with E-state index in [1.54, 1.807) is 9.80 Å². The van der Waals surface area contributed by atoms with E-state index in [1.807, 2.05) is 0 Å². The minimum atomic E-state index is -0.596. The number of fused-ring (bicyclic) bond motifs is 2. The largest absolute Gasteiger partial charge is 0.281 e. The summed E-state index contributed by atoms with van der Waals surface area (Å²) in [5, 5.41) is 0. The number of nitrogens with zero attached hydrogens (tertiary/aromatic N) is 2. The van der Waals surface area contributed by atoms with Crippen molar-refractivity contribution in [3.8, 4) is 0 Å². The van der Waals surface area contributed by atoms with Gasteiger partial charge in [0.15, 0.2) is 0 Å². The zero-order valence-electron chi connectivity index (χ0n) is 20.0. The smallest absolute Gasteiger partial charge is 0.240 e. The molecule has 0 radical (unpaired) electrons. The highest BCUT2D eigenvalue weighted by atomic mass is 16.2. The Bertz CT molecular complexity index is 1020. The van der Waals surface area contributed by atoms with Crippen LogP contribution in [0.5, 0.6) is 0 Å². The molecule has 34 heavy (non-hydrogen) atoms. The molecule has 3 heterocycles. The van der Waals surface area contributed by atoms with Gasteiger partial charge in [-0.25, -0.2) is 0 Å². The highest BCUT2D eigenvalue weighted by molar-refractivity contribution is 6.15. The van der Waals surface area contributed by atoms with Crippen LogP contribution in [0.4, 0.5) is 0 Å². The van der Waals surface area contributed by atoms with E-state index in [-0.39, 0.29) is 23.6 Å². The molecule has 4 atom stereocenters. The second kappa shape index (κ2) is 6.70. The van der Waals surface area contributed by atoms with Gasteiger partial charge in [0.2, 0.25) is 23.6 Å². The maximum Gasteiger partial charge on any atom is 0.240 e. The van der Waals surface area contributed by atoms with Gasteiger partial charge in [-0.05, 0) is 64.2 Å². The molecular formula is C28H34N2O4. The summed E-state index contributed by atoms with van der Waals surface area (Å²) in [6.45, 7) is 0.958. The van der Waals surface area contributed by atoms with Crippen molar-refractivity contribution in [1.29, 1.82) is 0 Å². The fourth-order valence-electron chi connectivity index (χ4n) is 9.28. The summed E-state index contributed by atoms with van der Waals surface area (Å²) >= 11 is 0. The van der Waals surface area contributed by atoms with Crippen LogP contribution in [0.25, 0.3) is 0 Å². The molecule has 0 N–H and O–H groups in total. The quantitative estimate of drug-likeness (QED) is 0.402. The zero-order chi connectivity index (χ0) is 23.3. The SMILES string of the molecule is O=C1N2CCCCC3=C[C@]45CCCC[C@]34C(=O)N(CCCCC3=C[C@]4(CCCC[C@@]134)C2=O)C5=O. The van der Waals surface area contributed by atoms with Gasteiger partial charge >= 0.3 is 0 Å². The van der Waals surface area contributed by atoms with Crippen LogP contribution in [0.1, 0.15) is 89.9 Å². The predicted molar refractivity (Wildman–Crippen MR) is 124 cm³/mol. The lowest BCUT2D eigenvalue weighted by Crippen LogP contribution is -2.54. The van der Waals surface area contributed by atoms with E-state index in [4.69, 9.17) is 0 Å². The monoisotopic (exact) mass is 462 g/mol. The van der Waals surface area contributed by atoms with Gasteiger partial charge in [0, 0.05) is 13.1 Å². The van der Waals surface area contributed by atoms with Gasteiger partial charge in [-0.2, -0.15) is 0 Å². The fraction of sp³-hybridized carbons (Fsp3) is 0.714. The molecule has 2 saturated carbocycles. The van der Waals surface area contributed by atoms with Crippen molar-refractivity contribution < 1.29 is 19.2 Å². The third kappa shape index (κ3) is 2.04. The molecule has 3 aliphatic heterocycles. The van der Waals surface area contributed by atoms with Gasteiger partial charge in [-0.15, -0.1) is 0 Å². The van der Waals surface area contributed by atoms with Gasteiger partial charge in [0.1, 0.15) is 0 Å². The maximum atomic E-state index is 13.7. The van der Waals surface area contributed by atoms with Crippen molar-refractivity contribution in [3.05, 3.63) is 23.3 Å². The maximum absolute atomic E-state index is 13.7. The van der Waals surface area contributed by atoms with Crippen LogP contribution >= 0.6 is 0 Å². The van der Waals surface area contributed by atoms with Crippen LogP contribution in [0.2, 0.25) is 0 Å². The van der Waals surface area contributed by atoms with Crippen molar-refractivity contribution >= 4 is 23.6 Å². The lowest BCUT2D eigenvalue weighted by Gasteiger charge is -2.53. The summed E-state index contributed by atoms with van der Waals surface area (Å²) in [4.78, 5) is 57.7. The van der Waals surface area contributed by atoms with E-state index >= 15 is 0 Å². The summed E-state index contributed by atoms with van der Waals surface area (Å²) in [5.74, 6) is 0.209. The van der Waals surface area contributed by atoms with Gasteiger partial charge < -0.3 is 0 Å². The molecule has 7 aliphatic rings. The third-order valence-corrected chi connectivity index (χ3v) is 10.8. The van der Waals surface area contributed by atoms with Gasteiger partial charge in [0.25, 0.3) is 0 Å². The summed E-state index contributed by atoms with van der Waals surface area (Å²) in [6, 6.07) is 0. The molecule has 7 rings (SSSR count). The Labute approximate surface area is 200 Å². The van der Waals surface area contributed by atoms with Crippen LogP contribution in [0.15, 0.2) is 23.3 Å². The van der Waals surface area contributed by atoms with Crippen molar-refractivity contribution in [2.75, 3.05) is 13.1 Å². The minimum absolute atomic E-state index is 0.0453. The molecule has 0 aromatic heterocycles. The Morgan fingerprint density at radius 2 is 0.912 bits per heavy atom. The lowest BCUT2D eigenvalue weighted by molar-refractivity contribution is -0.142.